The predicted molar refractivity (Wildman–Crippen MR) is 73.3 cm³/mol. The number of aromatic nitrogens is 2. The van der Waals surface area contributed by atoms with Crippen molar-refractivity contribution in [3.63, 3.8) is 0 Å². The Morgan fingerprint density at radius 3 is 2.89 bits per heavy atom. The van der Waals surface area contributed by atoms with Crippen LogP contribution in [0.5, 0.6) is 5.75 Å². The van der Waals surface area contributed by atoms with Gasteiger partial charge in [0.25, 0.3) is 5.56 Å². The van der Waals surface area contributed by atoms with E-state index in [1.165, 1.54) is 6.07 Å². The lowest BCUT2D eigenvalue weighted by Crippen LogP contribution is -2.05. The van der Waals surface area contributed by atoms with Crippen LogP contribution in [0.25, 0.3) is 10.9 Å². The molecular weight excluding hydrogens is 240 g/mol. The molecule has 0 atom stereocenters. The summed E-state index contributed by atoms with van der Waals surface area (Å²) in [6.45, 7) is 0. The maximum atomic E-state index is 11.4. The van der Waals surface area contributed by atoms with Crippen molar-refractivity contribution in [3.8, 4) is 5.75 Å². The van der Waals surface area contributed by atoms with E-state index in [1.807, 2.05) is 36.5 Å². The van der Waals surface area contributed by atoms with Crippen molar-refractivity contribution < 1.29 is 5.11 Å². The zero-order valence-corrected chi connectivity index (χ0v) is 10.1. The van der Waals surface area contributed by atoms with E-state index >= 15 is 0 Å². The number of pyridine rings is 2. The first kappa shape index (κ1) is 11.5. The Bertz CT molecular complexity index is 779. The summed E-state index contributed by atoms with van der Waals surface area (Å²) in [6, 6.07) is 11.1. The molecule has 3 aromatic rings. The van der Waals surface area contributed by atoms with Crippen molar-refractivity contribution in [1.29, 1.82) is 0 Å². The van der Waals surface area contributed by atoms with Gasteiger partial charge in [-0.1, -0.05) is 18.2 Å². The molecule has 0 amide bonds. The van der Waals surface area contributed by atoms with Crippen LogP contribution in [0.1, 0.15) is 11.1 Å². The van der Waals surface area contributed by atoms with Crippen LogP contribution >= 0.6 is 0 Å². The highest BCUT2D eigenvalue weighted by Crippen LogP contribution is 2.21. The highest BCUT2D eigenvalue weighted by molar-refractivity contribution is 5.83. The maximum Gasteiger partial charge on any atom is 0.290 e. The van der Waals surface area contributed by atoms with Gasteiger partial charge in [0.2, 0.25) is 0 Å². The maximum absolute atomic E-state index is 11.4. The second-order valence-electron chi connectivity index (χ2n) is 4.40. The molecule has 0 fully saturated rings. The molecule has 3 rings (SSSR count). The fourth-order valence-electron chi connectivity index (χ4n) is 2.16. The molecule has 0 bridgehead atoms. The second-order valence-corrected chi connectivity index (χ2v) is 4.40. The van der Waals surface area contributed by atoms with Gasteiger partial charge in [-0.25, -0.2) is 0 Å². The molecule has 0 radical (unpaired) electrons. The summed E-state index contributed by atoms with van der Waals surface area (Å²) in [5.74, 6) is -0.258. The molecule has 0 aliphatic carbocycles. The molecule has 94 valence electrons. The van der Waals surface area contributed by atoms with E-state index in [2.05, 4.69) is 9.97 Å². The Kier molecular flexibility index (Phi) is 2.76. The van der Waals surface area contributed by atoms with Crippen molar-refractivity contribution in [2.45, 2.75) is 6.42 Å². The monoisotopic (exact) mass is 252 g/mol. The molecule has 0 aliphatic heterocycles. The molecule has 19 heavy (non-hydrogen) atoms. The van der Waals surface area contributed by atoms with Gasteiger partial charge in [-0.15, -0.1) is 0 Å². The molecular formula is C15H12N2O2. The number of aromatic amines is 1. The Morgan fingerprint density at radius 2 is 2.11 bits per heavy atom. The molecule has 1 aromatic carbocycles. The van der Waals surface area contributed by atoms with Crippen LogP contribution in [-0.4, -0.2) is 15.1 Å². The predicted octanol–water partition coefficient (Wildman–Crippen LogP) is 2.22. The van der Waals surface area contributed by atoms with Crippen LogP contribution in [-0.2, 0) is 6.42 Å². The largest absolute Gasteiger partial charge is 0.503 e. The van der Waals surface area contributed by atoms with E-state index in [-0.39, 0.29) is 5.75 Å². The van der Waals surface area contributed by atoms with Crippen LogP contribution in [0.3, 0.4) is 0 Å². The standard InChI is InChI=1S/C15H12N2O2/c18-14-8-12-11(7-10-3-2-6-16-9-10)4-1-5-13(12)17-15(14)19/h1-6,8-9,18H,7H2,(H,17,19). The minimum Gasteiger partial charge on any atom is -0.503 e. The van der Waals surface area contributed by atoms with Crippen molar-refractivity contribution >= 4 is 10.9 Å². The van der Waals surface area contributed by atoms with Gasteiger partial charge < -0.3 is 10.1 Å². The summed E-state index contributed by atoms with van der Waals surface area (Å²) in [6.07, 6.45) is 4.25. The minimum atomic E-state index is -0.467. The Labute approximate surface area is 109 Å². The fourth-order valence-corrected chi connectivity index (χ4v) is 2.16. The topological polar surface area (TPSA) is 66.0 Å². The Morgan fingerprint density at radius 1 is 1.21 bits per heavy atom. The molecule has 0 saturated heterocycles. The third-order valence-corrected chi connectivity index (χ3v) is 3.08. The average molecular weight is 252 g/mol. The Balaban J connectivity index is 2.14. The molecule has 4 nitrogen and oxygen atoms in total. The van der Waals surface area contributed by atoms with Gasteiger partial charge in [-0.2, -0.15) is 0 Å². The zero-order chi connectivity index (χ0) is 13.2. The minimum absolute atomic E-state index is 0.258. The summed E-state index contributed by atoms with van der Waals surface area (Å²) in [5, 5.41) is 10.4. The number of hydrogen-bond donors (Lipinski definition) is 2. The lowest BCUT2D eigenvalue weighted by molar-refractivity contribution is 0.468. The first-order valence-corrected chi connectivity index (χ1v) is 5.97. The average Bonchev–Trinajstić information content (AvgIpc) is 2.42. The summed E-state index contributed by atoms with van der Waals surface area (Å²) < 4.78 is 0. The number of rotatable bonds is 2. The van der Waals surface area contributed by atoms with Crippen LogP contribution in [0.2, 0.25) is 0 Å². The van der Waals surface area contributed by atoms with Crippen LogP contribution in [0.4, 0.5) is 0 Å². The fraction of sp³-hybridized carbons (Fsp3) is 0.0667. The van der Waals surface area contributed by atoms with Gasteiger partial charge in [0.05, 0.1) is 0 Å². The second kappa shape index (κ2) is 4.57. The lowest BCUT2D eigenvalue weighted by atomic mass is 10.0. The first-order chi connectivity index (χ1) is 9.24. The lowest BCUT2D eigenvalue weighted by Gasteiger charge is -2.06. The van der Waals surface area contributed by atoms with Crippen molar-refractivity contribution in [2.75, 3.05) is 0 Å². The van der Waals surface area contributed by atoms with Crippen LogP contribution in [0.15, 0.2) is 53.6 Å². The third-order valence-electron chi connectivity index (χ3n) is 3.08. The van der Waals surface area contributed by atoms with Gasteiger partial charge in [-0.3, -0.25) is 9.78 Å². The molecule has 2 heterocycles. The van der Waals surface area contributed by atoms with Gasteiger partial charge in [0.1, 0.15) is 0 Å². The van der Waals surface area contributed by atoms with E-state index in [0.717, 1.165) is 22.0 Å². The van der Waals surface area contributed by atoms with Gasteiger partial charge in [0.15, 0.2) is 5.75 Å². The van der Waals surface area contributed by atoms with Crippen molar-refractivity contribution in [3.05, 3.63) is 70.3 Å². The highest BCUT2D eigenvalue weighted by atomic mass is 16.3. The number of nitrogens with one attached hydrogen (secondary N) is 1. The van der Waals surface area contributed by atoms with E-state index < -0.39 is 5.56 Å². The van der Waals surface area contributed by atoms with E-state index in [0.29, 0.717) is 6.42 Å². The van der Waals surface area contributed by atoms with E-state index in [9.17, 15) is 9.90 Å². The van der Waals surface area contributed by atoms with Crippen LogP contribution < -0.4 is 5.56 Å². The molecule has 0 saturated carbocycles. The van der Waals surface area contributed by atoms with Crippen LogP contribution in [0, 0.1) is 0 Å². The number of benzene rings is 1. The first-order valence-electron chi connectivity index (χ1n) is 5.97. The SMILES string of the molecule is O=c1[nH]c2cccc(Cc3cccnc3)c2cc1O. The van der Waals surface area contributed by atoms with Gasteiger partial charge in [0, 0.05) is 23.3 Å². The number of hydrogen-bond acceptors (Lipinski definition) is 3. The van der Waals surface area contributed by atoms with Gasteiger partial charge >= 0.3 is 0 Å². The molecule has 0 spiro atoms. The van der Waals surface area contributed by atoms with E-state index in [1.54, 1.807) is 6.20 Å². The highest BCUT2D eigenvalue weighted by Gasteiger charge is 2.06. The number of H-pyrrole nitrogens is 1. The zero-order valence-electron chi connectivity index (χ0n) is 10.1. The summed E-state index contributed by atoms with van der Waals surface area (Å²) >= 11 is 0. The smallest absolute Gasteiger partial charge is 0.290 e. The molecule has 0 unspecified atom stereocenters. The normalized spacial score (nSPS) is 10.7. The summed E-state index contributed by atoms with van der Waals surface area (Å²) in [4.78, 5) is 18.1. The summed E-state index contributed by atoms with van der Waals surface area (Å²) in [5.41, 5.74) is 2.38. The molecule has 2 aromatic heterocycles. The number of fused-ring (bicyclic) bond motifs is 1. The third kappa shape index (κ3) is 2.20. The van der Waals surface area contributed by atoms with Crippen molar-refractivity contribution in [2.24, 2.45) is 0 Å². The molecule has 2 N–H and O–H groups in total. The number of nitrogens with zero attached hydrogens (tertiary/aromatic N) is 1. The molecule has 0 aliphatic rings. The number of aromatic hydroxyl groups is 1. The van der Waals surface area contributed by atoms with E-state index in [4.69, 9.17) is 0 Å². The quantitative estimate of drug-likeness (QED) is 0.735. The summed E-state index contributed by atoms with van der Waals surface area (Å²) in [7, 11) is 0. The Hall–Kier alpha value is -2.62. The van der Waals surface area contributed by atoms with Gasteiger partial charge in [-0.05, 0) is 35.7 Å². The molecule has 4 heteroatoms. The van der Waals surface area contributed by atoms with Crippen molar-refractivity contribution in [1.82, 2.24) is 9.97 Å².